The van der Waals surface area contributed by atoms with Crippen LogP contribution in [0.1, 0.15) is 65.6 Å². The zero-order chi connectivity index (χ0) is 28.1. The quantitative estimate of drug-likeness (QED) is 0.429. The van der Waals surface area contributed by atoms with Crippen LogP contribution in [0.4, 0.5) is 0 Å². The molecule has 1 fully saturated rings. The van der Waals surface area contributed by atoms with E-state index < -0.39 is 5.41 Å². The minimum absolute atomic E-state index is 0.0201. The maximum atomic E-state index is 13.9. The molecule has 2 heterocycles. The van der Waals surface area contributed by atoms with E-state index in [2.05, 4.69) is 10.3 Å². The van der Waals surface area contributed by atoms with E-state index in [-0.39, 0.29) is 35.6 Å². The SMILES string of the molecule is CCCOC(=O)[C@]1(c2ccccc2)CCC(C(=O)N2CC[C@H](NC(=O)c3cccnc3OC)C2)c2ccccc21. The fourth-order valence-corrected chi connectivity index (χ4v) is 6.06. The van der Waals surface area contributed by atoms with Crippen LogP contribution in [0.2, 0.25) is 0 Å². The molecule has 0 bridgehead atoms. The third kappa shape index (κ3) is 5.06. The van der Waals surface area contributed by atoms with Crippen LogP contribution in [0.5, 0.6) is 5.88 Å². The third-order valence-electron chi connectivity index (χ3n) is 8.00. The van der Waals surface area contributed by atoms with Crippen molar-refractivity contribution >= 4 is 17.8 Å². The molecule has 2 amide bonds. The molecule has 1 aromatic heterocycles. The summed E-state index contributed by atoms with van der Waals surface area (Å²) in [7, 11) is 1.48. The maximum Gasteiger partial charge on any atom is 0.321 e. The lowest BCUT2D eigenvalue weighted by atomic mass is 9.63. The number of pyridine rings is 1. The van der Waals surface area contributed by atoms with Crippen molar-refractivity contribution in [3.05, 3.63) is 95.2 Å². The van der Waals surface area contributed by atoms with Gasteiger partial charge in [0.2, 0.25) is 11.8 Å². The Morgan fingerprint density at radius 2 is 1.80 bits per heavy atom. The van der Waals surface area contributed by atoms with E-state index in [0.29, 0.717) is 44.5 Å². The summed E-state index contributed by atoms with van der Waals surface area (Å²) in [6.45, 7) is 3.30. The van der Waals surface area contributed by atoms with Crippen molar-refractivity contribution in [1.29, 1.82) is 0 Å². The highest BCUT2D eigenvalue weighted by atomic mass is 16.5. The molecule has 1 aliphatic heterocycles. The number of aromatic nitrogens is 1. The smallest absolute Gasteiger partial charge is 0.321 e. The zero-order valence-corrected chi connectivity index (χ0v) is 23.0. The fraction of sp³-hybridized carbons (Fsp3) is 0.375. The van der Waals surface area contributed by atoms with E-state index in [4.69, 9.17) is 9.47 Å². The first-order valence-electron chi connectivity index (χ1n) is 13.9. The van der Waals surface area contributed by atoms with Crippen LogP contribution in [0, 0.1) is 0 Å². The molecule has 1 unspecified atom stereocenters. The molecule has 0 spiro atoms. The lowest BCUT2D eigenvalue weighted by Crippen LogP contribution is -2.45. The molecule has 8 nitrogen and oxygen atoms in total. The number of methoxy groups -OCH3 is 1. The minimum Gasteiger partial charge on any atom is -0.480 e. The highest BCUT2D eigenvalue weighted by Crippen LogP contribution is 2.48. The van der Waals surface area contributed by atoms with Gasteiger partial charge in [0.25, 0.3) is 5.91 Å². The molecule has 1 N–H and O–H groups in total. The summed E-state index contributed by atoms with van der Waals surface area (Å²) >= 11 is 0. The topological polar surface area (TPSA) is 97.8 Å². The normalized spacial score (nSPS) is 21.8. The van der Waals surface area contributed by atoms with Crippen molar-refractivity contribution in [3.63, 3.8) is 0 Å². The first kappa shape index (κ1) is 27.4. The van der Waals surface area contributed by atoms with Gasteiger partial charge >= 0.3 is 5.97 Å². The largest absolute Gasteiger partial charge is 0.480 e. The molecule has 0 radical (unpaired) electrons. The standard InChI is InChI=1S/C32H35N3O5/c1-3-20-40-31(38)32(22-10-5-4-6-11-22)17-15-25(24-12-7-8-14-27(24)32)30(37)35-19-16-23(21-35)34-28(36)26-13-9-18-33-29(26)39-2/h4-14,18,23,25H,3,15-17,19-21H2,1-2H3,(H,34,36)/t23-,25?,32-/m0/s1. The number of nitrogens with zero attached hydrogens (tertiary/aromatic N) is 2. The highest BCUT2D eigenvalue weighted by Gasteiger charge is 2.50. The summed E-state index contributed by atoms with van der Waals surface area (Å²) in [5.41, 5.74) is 1.98. The van der Waals surface area contributed by atoms with Gasteiger partial charge in [0.15, 0.2) is 0 Å². The number of hydrogen-bond donors (Lipinski definition) is 1. The van der Waals surface area contributed by atoms with Crippen LogP contribution in [0.15, 0.2) is 72.9 Å². The first-order chi connectivity index (χ1) is 19.5. The summed E-state index contributed by atoms with van der Waals surface area (Å²) in [6, 6.07) is 20.7. The van der Waals surface area contributed by atoms with Crippen molar-refractivity contribution in [2.45, 2.75) is 50.0 Å². The van der Waals surface area contributed by atoms with E-state index in [0.717, 1.165) is 23.1 Å². The van der Waals surface area contributed by atoms with Gasteiger partial charge in [0.1, 0.15) is 11.0 Å². The monoisotopic (exact) mass is 541 g/mol. The van der Waals surface area contributed by atoms with Crippen LogP contribution >= 0.6 is 0 Å². The van der Waals surface area contributed by atoms with Crippen LogP contribution < -0.4 is 10.1 Å². The number of hydrogen-bond acceptors (Lipinski definition) is 6. The molecular formula is C32H35N3O5. The van der Waals surface area contributed by atoms with Gasteiger partial charge in [-0.15, -0.1) is 0 Å². The predicted octanol–water partition coefficient (Wildman–Crippen LogP) is 4.24. The number of rotatable bonds is 8. The molecule has 3 atom stereocenters. The number of esters is 1. The molecule has 1 saturated heterocycles. The first-order valence-corrected chi connectivity index (χ1v) is 13.9. The van der Waals surface area contributed by atoms with E-state index in [1.165, 1.54) is 7.11 Å². The predicted molar refractivity (Wildman–Crippen MR) is 150 cm³/mol. The average Bonchev–Trinajstić information content (AvgIpc) is 3.47. The molecule has 8 heteroatoms. The van der Waals surface area contributed by atoms with Gasteiger partial charge in [-0.25, -0.2) is 4.98 Å². The van der Waals surface area contributed by atoms with Gasteiger partial charge in [-0.2, -0.15) is 0 Å². The summed E-state index contributed by atoms with van der Waals surface area (Å²) < 4.78 is 11.0. The number of carbonyl (C=O) groups excluding carboxylic acids is 3. The molecule has 3 aromatic rings. The number of likely N-dealkylation sites (tertiary alicyclic amines) is 1. The van der Waals surface area contributed by atoms with Crippen LogP contribution in [-0.4, -0.2) is 60.5 Å². The number of nitrogens with one attached hydrogen (secondary N) is 1. The van der Waals surface area contributed by atoms with Crippen molar-refractivity contribution < 1.29 is 23.9 Å². The number of ether oxygens (including phenoxy) is 2. The Labute approximate surface area is 234 Å². The van der Waals surface area contributed by atoms with Crippen molar-refractivity contribution in [3.8, 4) is 5.88 Å². The lowest BCUT2D eigenvalue weighted by molar-refractivity contribution is -0.150. The molecule has 208 valence electrons. The molecule has 5 rings (SSSR count). The van der Waals surface area contributed by atoms with Crippen molar-refractivity contribution in [1.82, 2.24) is 15.2 Å². The average molecular weight is 542 g/mol. The molecular weight excluding hydrogens is 506 g/mol. The van der Waals surface area contributed by atoms with Gasteiger partial charge in [-0.1, -0.05) is 61.5 Å². The fourth-order valence-electron chi connectivity index (χ4n) is 6.06. The van der Waals surface area contributed by atoms with Crippen LogP contribution in [0.3, 0.4) is 0 Å². The Morgan fingerprint density at radius 3 is 2.58 bits per heavy atom. The Bertz CT molecular complexity index is 1380. The number of benzene rings is 2. The van der Waals surface area contributed by atoms with Crippen LogP contribution in [0.25, 0.3) is 0 Å². The summed E-state index contributed by atoms with van der Waals surface area (Å²) in [5, 5.41) is 3.03. The second kappa shape index (κ2) is 11.9. The molecule has 2 aliphatic rings. The van der Waals surface area contributed by atoms with Crippen molar-refractivity contribution in [2.75, 3.05) is 26.8 Å². The van der Waals surface area contributed by atoms with Gasteiger partial charge in [0.05, 0.1) is 19.6 Å². The Morgan fingerprint density at radius 1 is 1.02 bits per heavy atom. The molecule has 1 aliphatic carbocycles. The van der Waals surface area contributed by atoms with Crippen LogP contribution in [-0.2, 0) is 19.7 Å². The van der Waals surface area contributed by atoms with Crippen molar-refractivity contribution in [2.24, 2.45) is 0 Å². The summed E-state index contributed by atoms with van der Waals surface area (Å²) in [4.78, 5) is 46.5. The highest BCUT2D eigenvalue weighted by molar-refractivity contribution is 5.96. The second-order valence-corrected chi connectivity index (χ2v) is 10.4. The van der Waals surface area contributed by atoms with E-state index in [1.807, 2.05) is 66.4 Å². The lowest BCUT2D eigenvalue weighted by Gasteiger charge is -2.41. The van der Waals surface area contributed by atoms with E-state index in [9.17, 15) is 14.4 Å². The number of fused-ring (bicyclic) bond motifs is 1. The van der Waals surface area contributed by atoms with E-state index >= 15 is 0 Å². The Kier molecular flexibility index (Phi) is 8.14. The maximum absolute atomic E-state index is 13.9. The third-order valence-corrected chi connectivity index (χ3v) is 8.00. The summed E-state index contributed by atoms with van der Waals surface area (Å²) in [6.07, 6.45) is 3.96. The number of amides is 2. The molecule has 40 heavy (non-hydrogen) atoms. The minimum atomic E-state index is -0.964. The zero-order valence-electron chi connectivity index (χ0n) is 23.0. The van der Waals surface area contributed by atoms with E-state index in [1.54, 1.807) is 18.3 Å². The van der Waals surface area contributed by atoms with Gasteiger partial charge < -0.3 is 19.7 Å². The summed E-state index contributed by atoms with van der Waals surface area (Å²) in [5.74, 6) is -0.630. The Balaban J connectivity index is 1.37. The number of carbonyl (C=O) groups is 3. The second-order valence-electron chi connectivity index (χ2n) is 10.4. The van der Waals surface area contributed by atoms with Gasteiger partial charge in [-0.05, 0) is 54.5 Å². The molecule has 2 aromatic carbocycles. The van der Waals surface area contributed by atoms with Gasteiger partial charge in [-0.3, -0.25) is 14.4 Å². The molecule has 0 saturated carbocycles. The van der Waals surface area contributed by atoms with Gasteiger partial charge in [0, 0.05) is 25.3 Å². The Hall–Kier alpha value is -4.20.